The van der Waals surface area contributed by atoms with Crippen molar-refractivity contribution in [3.05, 3.63) is 11.3 Å². The molecule has 2 heterocycles. The number of anilines is 2. The molecule has 8 nitrogen and oxygen atoms in total. The van der Waals surface area contributed by atoms with Crippen LogP contribution in [0.2, 0.25) is 0 Å². The quantitative estimate of drug-likeness (QED) is 0.708. The number of fused-ring (bicyclic) bond motifs is 1. The molecule has 146 valence electrons. The summed E-state index contributed by atoms with van der Waals surface area (Å²) in [6, 6.07) is 0. The Kier molecular flexibility index (Phi) is 6.31. The third-order valence-electron chi connectivity index (χ3n) is 4.98. The van der Waals surface area contributed by atoms with Crippen molar-refractivity contribution >= 4 is 21.8 Å². The molecular formula is C17H30N6O2S. The van der Waals surface area contributed by atoms with Crippen molar-refractivity contribution < 1.29 is 8.42 Å². The zero-order valence-corrected chi connectivity index (χ0v) is 16.6. The Hall–Kier alpha value is -1.45. The van der Waals surface area contributed by atoms with E-state index in [1.165, 1.54) is 0 Å². The molecule has 1 saturated heterocycles. The van der Waals surface area contributed by atoms with Gasteiger partial charge in [-0.2, -0.15) is 4.98 Å². The van der Waals surface area contributed by atoms with Crippen LogP contribution in [0.15, 0.2) is 0 Å². The number of hydrogen-bond donors (Lipinski definition) is 2. The second-order valence-electron chi connectivity index (χ2n) is 7.04. The first-order valence-corrected chi connectivity index (χ1v) is 11.2. The lowest BCUT2D eigenvalue weighted by atomic mass is 9.96. The van der Waals surface area contributed by atoms with E-state index in [4.69, 9.17) is 9.97 Å². The van der Waals surface area contributed by atoms with Gasteiger partial charge in [0.2, 0.25) is 16.0 Å². The van der Waals surface area contributed by atoms with Crippen molar-refractivity contribution in [2.75, 3.05) is 62.3 Å². The highest BCUT2D eigenvalue weighted by Crippen LogP contribution is 2.28. The first-order valence-electron chi connectivity index (χ1n) is 9.53. The van der Waals surface area contributed by atoms with Gasteiger partial charge in [0.15, 0.2) is 0 Å². The van der Waals surface area contributed by atoms with Gasteiger partial charge in [-0.15, -0.1) is 0 Å². The first-order chi connectivity index (χ1) is 12.5. The van der Waals surface area contributed by atoms with E-state index in [-0.39, 0.29) is 5.75 Å². The Morgan fingerprint density at radius 3 is 2.54 bits per heavy atom. The lowest BCUT2D eigenvalue weighted by Gasteiger charge is -2.33. The van der Waals surface area contributed by atoms with E-state index in [2.05, 4.69) is 26.9 Å². The Labute approximate surface area is 156 Å². The van der Waals surface area contributed by atoms with E-state index in [9.17, 15) is 8.42 Å². The van der Waals surface area contributed by atoms with Crippen LogP contribution in [0.3, 0.4) is 0 Å². The number of hydrogen-bond acceptors (Lipinski definition) is 7. The topological polar surface area (TPSA) is 90.5 Å². The summed E-state index contributed by atoms with van der Waals surface area (Å²) in [5.41, 5.74) is 2.28. The molecule has 9 heteroatoms. The third-order valence-corrected chi connectivity index (χ3v) is 6.46. The summed E-state index contributed by atoms with van der Waals surface area (Å²) < 4.78 is 26.2. The second-order valence-corrected chi connectivity index (χ2v) is 8.96. The van der Waals surface area contributed by atoms with Crippen LogP contribution in [-0.2, 0) is 22.9 Å². The van der Waals surface area contributed by atoms with Crippen LogP contribution < -0.4 is 14.9 Å². The predicted octanol–water partition coefficient (Wildman–Crippen LogP) is 0.458. The Morgan fingerprint density at radius 2 is 1.81 bits per heavy atom. The molecule has 0 bridgehead atoms. The SMILES string of the molecule is CCNS(=O)(=O)CCNc1nc(N2CCN(C)CC2)nc2c1CCCC2. The van der Waals surface area contributed by atoms with Gasteiger partial charge in [-0.3, -0.25) is 0 Å². The molecule has 1 aromatic rings. The van der Waals surface area contributed by atoms with Gasteiger partial charge in [0.1, 0.15) is 5.82 Å². The molecule has 0 saturated carbocycles. The van der Waals surface area contributed by atoms with Gasteiger partial charge in [-0.05, 0) is 32.7 Å². The largest absolute Gasteiger partial charge is 0.369 e. The summed E-state index contributed by atoms with van der Waals surface area (Å²) in [7, 11) is -1.10. The Bertz CT molecular complexity index is 716. The van der Waals surface area contributed by atoms with Crippen molar-refractivity contribution in [3.8, 4) is 0 Å². The predicted molar refractivity (Wildman–Crippen MR) is 104 cm³/mol. The normalized spacial score (nSPS) is 18.6. The molecule has 2 N–H and O–H groups in total. The van der Waals surface area contributed by atoms with Gasteiger partial charge < -0.3 is 15.1 Å². The smallest absolute Gasteiger partial charge is 0.227 e. The van der Waals surface area contributed by atoms with E-state index in [1.54, 1.807) is 6.92 Å². The number of aromatic nitrogens is 2. The summed E-state index contributed by atoms with van der Waals surface area (Å²) in [5, 5.41) is 3.27. The monoisotopic (exact) mass is 382 g/mol. The van der Waals surface area contributed by atoms with Crippen molar-refractivity contribution in [2.45, 2.75) is 32.6 Å². The molecule has 1 fully saturated rings. The van der Waals surface area contributed by atoms with E-state index in [0.29, 0.717) is 13.1 Å². The molecule has 0 unspecified atom stereocenters. The van der Waals surface area contributed by atoms with Crippen LogP contribution >= 0.6 is 0 Å². The van der Waals surface area contributed by atoms with Crippen molar-refractivity contribution in [2.24, 2.45) is 0 Å². The molecule has 0 radical (unpaired) electrons. The molecule has 1 aliphatic heterocycles. The molecule has 1 aliphatic carbocycles. The minimum atomic E-state index is -3.23. The fraction of sp³-hybridized carbons (Fsp3) is 0.765. The number of rotatable bonds is 7. The minimum Gasteiger partial charge on any atom is -0.369 e. The van der Waals surface area contributed by atoms with Crippen LogP contribution in [0.5, 0.6) is 0 Å². The molecular weight excluding hydrogens is 352 g/mol. The van der Waals surface area contributed by atoms with E-state index < -0.39 is 10.0 Å². The fourth-order valence-electron chi connectivity index (χ4n) is 3.47. The molecule has 0 aromatic carbocycles. The van der Waals surface area contributed by atoms with E-state index in [0.717, 1.165) is 74.9 Å². The molecule has 0 amide bonds. The molecule has 0 atom stereocenters. The minimum absolute atomic E-state index is 0.0451. The van der Waals surface area contributed by atoms with Crippen LogP contribution in [0.25, 0.3) is 0 Å². The number of nitrogens with zero attached hydrogens (tertiary/aromatic N) is 4. The first kappa shape index (κ1) is 19.3. The van der Waals surface area contributed by atoms with Crippen LogP contribution in [0, 0.1) is 0 Å². The number of nitrogens with one attached hydrogen (secondary N) is 2. The summed E-state index contributed by atoms with van der Waals surface area (Å²) in [5.74, 6) is 1.63. The Morgan fingerprint density at radius 1 is 1.08 bits per heavy atom. The van der Waals surface area contributed by atoms with Crippen molar-refractivity contribution in [3.63, 3.8) is 0 Å². The second kappa shape index (κ2) is 8.49. The molecule has 26 heavy (non-hydrogen) atoms. The average Bonchev–Trinajstić information content (AvgIpc) is 2.62. The van der Waals surface area contributed by atoms with E-state index in [1.807, 2.05) is 0 Å². The highest BCUT2D eigenvalue weighted by molar-refractivity contribution is 7.89. The standard InChI is InChI=1S/C17H30N6O2S/c1-3-19-26(24,25)13-8-18-16-14-6-4-5-7-15(14)20-17(21-16)23-11-9-22(2)10-12-23/h19H,3-13H2,1-2H3,(H,18,20,21). The molecule has 2 aliphatic rings. The zero-order chi connectivity index (χ0) is 18.6. The number of sulfonamides is 1. The van der Waals surface area contributed by atoms with E-state index >= 15 is 0 Å². The number of likely N-dealkylation sites (N-methyl/N-ethyl adjacent to an activating group) is 1. The van der Waals surface area contributed by atoms with Crippen LogP contribution in [-0.4, -0.2) is 75.4 Å². The summed E-state index contributed by atoms with van der Waals surface area (Å²) in [4.78, 5) is 14.1. The fourth-order valence-corrected chi connectivity index (χ4v) is 4.43. The van der Waals surface area contributed by atoms with Gasteiger partial charge in [0.25, 0.3) is 0 Å². The summed E-state index contributed by atoms with van der Waals surface area (Å²) >= 11 is 0. The van der Waals surface area contributed by atoms with Crippen molar-refractivity contribution in [1.29, 1.82) is 0 Å². The highest BCUT2D eigenvalue weighted by Gasteiger charge is 2.22. The highest BCUT2D eigenvalue weighted by atomic mass is 32.2. The van der Waals surface area contributed by atoms with Gasteiger partial charge in [0.05, 0.1) is 11.4 Å². The number of piperazine rings is 1. The molecule has 1 aromatic heterocycles. The maximum absolute atomic E-state index is 11.9. The summed E-state index contributed by atoms with van der Waals surface area (Å²) in [6.07, 6.45) is 4.22. The molecule has 3 rings (SSSR count). The van der Waals surface area contributed by atoms with Crippen molar-refractivity contribution in [1.82, 2.24) is 19.6 Å². The maximum Gasteiger partial charge on any atom is 0.227 e. The van der Waals surface area contributed by atoms with Crippen LogP contribution in [0.4, 0.5) is 11.8 Å². The third kappa shape index (κ3) is 4.83. The van der Waals surface area contributed by atoms with Gasteiger partial charge in [-0.1, -0.05) is 6.92 Å². The van der Waals surface area contributed by atoms with Gasteiger partial charge in [0, 0.05) is 44.8 Å². The average molecular weight is 383 g/mol. The lowest BCUT2D eigenvalue weighted by Crippen LogP contribution is -2.45. The zero-order valence-electron chi connectivity index (χ0n) is 15.8. The lowest BCUT2D eigenvalue weighted by molar-refractivity contribution is 0.311. The van der Waals surface area contributed by atoms with Crippen LogP contribution in [0.1, 0.15) is 31.0 Å². The Balaban J connectivity index is 1.76. The maximum atomic E-state index is 11.9. The van der Waals surface area contributed by atoms with Gasteiger partial charge in [-0.25, -0.2) is 18.1 Å². The summed E-state index contributed by atoms with van der Waals surface area (Å²) in [6.45, 7) is 6.40. The van der Waals surface area contributed by atoms with Gasteiger partial charge >= 0.3 is 0 Å². The molecule has 0 spiro atoms. The number of aryl methyl sites for hydroxylation is 1.